The zero-order valence-corrected chi connectivity index (χ0v) is 35.7. The number of allylic oxidation sites excluding steroid dienone is 1. The number of oxime groups is 1. The average molecular weight is 844 g/mol. The third kappa shape index (κ3) is 11.2. The van der Waals surface area contributed by atoms with Crippen molar-refractivity contribution in [3.63, 3.8) is 0 Å². The fraction of sp³-hybridized carbons (Fsp3) is 0.562. The number of nitrogens with one attached hydrogen (secondary N) is 1. The number of aliphatic hydroxyl groups is 2. The first-order valence-electron chi connectivity index (χ1n) is 22.3. The average Bonchev–Trinajstić information content (AvgIpc) is 3.28. The Labute approximate surface area is 360 Å². The van der Waals surface area contributed by atoms with Crippen molar-refractivity contribution < 1.29 is 48.3 Å². The van der Waals surface area contributed by atoms with Gasteiger partial charge in [0.05, 0.1) is 31.5 Å². The number of unbranched alkanes of at least 4 members (excludes halogenated alkanes) is 2. The molecule has 332 valence electrons. The lowest BCUT2D eigenvalue weighted by Crippen LogP contribution is -2.70. The van der Waals surface area contributed by atoms with Gasteiger partial charge in [0.15, 0.2) is 0 Å². The summed E-state index contributed by atoms with van der Waals surface area (Å²) in [6, 6.07) is 14.3. The molecule has 1 saturated heterocycles. The van der Waals surface area contributed by atoms with E-state index in [0.717, 1.165) is 55.2 Å². The van der Waals surface area contributed by atoms with Crippen molar-refractivity contribution in [1.29, 1.82) is 0 Å². The molecule has 1 saturated carbocycles. The molecular formula is C48H65N3O10. The third-order valence-electron chi connectivity index (χ3n) is 12.2. The lowest BCUT2D eigenvalue weighted by atomic mass is 9.55. The lowest BCUT2D eigenvalue weighted by molar-refractivity contribution is -0.255. The van der Waals surface area contributed by atoms with Crippen LogP contribution in [0.15, 0.2) is 90.6 Å². The molecule has 2 aliphatic carbocycles. The summed E-state index contributed by atoms with van der Waals surface area (Å²) in [6.07, 6.45) is 12.6. The van der Waals surface area contributed by atoms with Gasteiger partial charge in [-0.2, -0.15) is 0 Å². The second-order valence-corrected chi connectivity index (χ2v) is 16.3. The van der Waals surface area contributed by atoms with E-state index in [9.17, 15) is 19.8 Å². The highest BCUT2D eigenvalue weighted by atomic mass is 16.8. The van der Waals surface area contributed by atoms with Gasteiger partial charge in [-0.1, -0.05) is 73.5 Å². The molecule has 3 N–H and O–H groups in total. The Morgan fingerprint density at radius 3 is 2.56 bits per heavy atom. The summed E-state index contributed by atoms with van der Waals surface area (Å²) in [7, 11) is 0. The summed E-state index contributed by atoms with van der Waals surface area (Å²) in [5.41, 5.74) is 3.36. The first kappa shape index (κ1) is 45.8. The van der Waals surface area contributed by atoms with Crippen LogP contribution >= 0.6 is 0 Å². The zero-order chi connectivity index (χ0) is 43.0. The fourth-order valence-corrected chi connectivity index (χ4v) is 9.47. The van der Waals surface area contributed by atoms with E-state index in [1.165, 1.54) is 0 Å². The number of aliphatic hydroxyl groups excluding tert-OH is 2. The van der Waals surface area contributed by atoms with E-state index in [0.29, 0.717) is 69.0 Å². The second-order valence-electron chi connectivity index (χ2n) is 16.3. The van der Waals surface area contributed by atoms with E-state index in [1.807, 2.05) is 49.4 Å². The van der Waals surface area contributed by atoms with E-state index in [4.69, 9.17) is 33.7 Å². The van der Waals surface area contributed by atoms with Crippen LogP contribution in [0.4, 0.5) is 9.59 Å². The van der Waals surface area contributed by atoms with Crippen molar-refractivity contribution in [3.8, 4) is 11.5 Å². The number of amides is 2. The summed E-state index contributed by atoms with van der Waals surface area (Å²) < 4.78 is 32.1. The van der Waals surface area contributed by atoms with Crippen LogP contribution in [0.3, 0.4) is 0 Å². The predicted octanol–water partition coefficient (Wildman–Crippen LogP) is 8.56. The molecule has 2 aromatic rings. The Kier molecular flexibility index (Phi) is 17.2. The molecule has 7 atom stereocenters. The van der Waals surface area contributed by atoms with Crippen molar-refractivity contribution in [2.24, 2.45) is 22.9 Å². The maximum atomic E-state index is 14.3. The van der Waals surface area contributed by atoms with Crippen molar-refractivity contribution in [1.82, 2.24) is 10.2 Å². The first-order valence-corrected chi connectivity index (χ1v) is 22.3. The van der Waals surface area contributed by atoms with Gasteiger partial charge in [0, 0.05) is 50.6 Å². The van der Waals surface area contributed by atoms with Crippen LogP contribution in [0.5, 0.6) is 11.5 Å². The highest BCUT2D eigenvalue weighted by Gasteiger charge is 2.65. The van der Waals surface area contributed by atoms with E-state index in [-0.39, 0.29) is 50.6 Å². The smallest absolute Gasteiger partial charge is 0.412 e. The van der Waals surface area contributed by atoms with Gasteiger partial charge >= 0.3 is 12.2 Å². The third-order valence-corrected chi connectivity index (χ3v) is 12.2. The number of nitrogens with zero attached hydrogens (tertiary/aromatic N) is 2. The quantitative estimate of drug-likeness (QED) is 0.0596. The lowest BCUT2D eigenvalue weighted by Gasteiger charge is -2.59. The predicted molar refractivity (Wildman–Crippen MR) is 232 cm³/mol. The Balaban J connectivity index is 1.51. The molecule has 2 aliphatic heterocycles. The van der Waals surface area contributed by atoms with Gasteiger partial charge in [-0.05, 0) is 92.5 Å². The number of hydrogen-bond acceptors (Lipinski definition) is 11. The molecular weight excluding hydrogens is 779 g/mol. The topological polar surface area (TPSA) is 158 Å². The normalized spacial score (nSPS) is 25.8. The molecule has 2 fully saturated rings. The number of hydrogen-bond donors (Lipinski definition) is 3. The minimum absolute atomic E-state index is 0.00253. The molecule has 0 radical (unpaired) electrons. The molecule has 2 aromatic carbocycles. The summed E-state index contributed by atoms with van der Waals surface area (Å²) in [6.45, 7) is 11.5. The largest absolute Gasteiger partial charge is 0.459 e. The minimum atomic E-state index is -1.44. The van der Waals surface area contributed by atoms with Crippen LogP contribution in [-0.4, -0.2) is 90.7 Å². The van der Waals surface area contributed by atoms with Gasteiger partial charge in [0.25, 0.3) is 0 Å². The number of carbonyl (C=O) groups is 2. The standard InChI is InChI=1S/C48H65N3O10/c1-4-7-28-57-47(55)51(24-5-2)42-32-40(50-61-43-21-13-16-29-56-43)38-30-35(19-11-14-25-52)37(20-12-15-26-53)44-39-31-36(59-46(54)49-33-34-17-9-8-10-18-34)22-23-41(39)60-48(42,45(38)44)58-27-6-3/h4,6,8-10,17-18,22-23,30-31,35,37,42-45,52-53H,1,3,5,7,11-16,19-21,24-29,32-33H2,2H3,(H,49,54)/t35-,37+,42-,43?,44+,45+,48+/m0/s1. The SMILES string of the molecule is C=CCCOC(=O)N(CCC)[C@H]1CC(=NOC2CCCCO2)C2=C[C@H](CCCCO)[C@@H](CCCCO)[C@@H]3c4cc(OC(=O)NCc5ccccc5)ccc4O[C@@]1(OCC=C)[C@H]23. The number of carbonyl (C=O) groups excluding carboxylic acids is 2. The maximum Gasteiger partial charge on any atom is 0.412 e. The maximum absolute atomic E-state index is 14.3. The summed E-state index contributed by atoms with van der Waals surface area (Å²) in [5, 5.41) is 27.6. The Morgan fingerprint density at radius 2 is 1.84 bits per heavy atom. The highest BCUT2D eigenvalue weighted by molar-refractivity contribution is 6.03. The van der Waals surface area contributed by atoms with Gasteiger partial charge in [-0.25, -0.2) is 9.59 Å². The Bertz CT molecular complexity index is 1810. The van der Waals surface area contributed by atoms with Crippen LogP contribution in [0.25, 0.3) is 0 Å². The molecule has 2 amide bonds. The van der Waals surface area contributed by atoms with Gasteiger partial charge < -0.3 is 44.1 Å². The van der Waals surface area contributed by atoms with Crippen LogP contribution in [0.2, 0.25) is 0 Å². The van der Waals surface area contributed by atoms with Gasteiger partial charge in [0.2, 0.25) is 12.1 Å². The van der Waals surface area contributed by atoms with Crippen LogP contribution in [0, 0.1) is 17.8 Å². The van der Waals surface area contributed by atoms with Gasteiger partial charge in [-0.15, -0.1) is 13.2 Å². The molecule has 2 heterocycles. The second kappa shape index (κ2) is 23.0. The van der Waals surface area contributed by atoms with Crippen molar-refractivity contribution in [3.05, 3.63) is 96.6 Å². The summed E-state index contributed by atoms with van der Waals surface area (Å²) in [5.74, 6) is -1.31. The molecule has 6 rings (SSSR count). The number of rotatable bonds is 22. The number of fused-ring (bicyclic) bond motifs is 2. The summed E-state index contributed by atoms with van der Waals surface area (Å²) in [4.78, 5) is 35.5. The van der Waals surface area contributed by atoms with Crippen molar-refractivity contribution in [2.75, 3.05) is 39.6 Å². The zero-order valence-electron chi connectivity index (χ0n) is 35.7. The molecule has 1 unspecified atom stereocenters. The van der Waals surface area contributed by atoms with Crippen molar-refractivity contribution in [2.45, 2.75) is 115 Å². The molecule has 4 aliphatic rings. The Hall–Kier alpha value is -4.69. The van der Waals surface area contributed by atoms with Crippen molar-refractivity contribution >= 4 is 17.9 Å². The highest BCUT2D eigenvalue weighted by Crippen LogP contribution is 2.62. The van der Waals surface area contributed by atoms with E-state index >= 15 is 0 Å². The molecule has 13 nitrogen and oxygen atoms in total. The van der Waals surface area contributed by atoms with Crippen LogP contribution in [0.1, 0.15) is 101 Å². The van der Waals surface area contributed by atoms with Crippen LogP contribution in [-0.2, 0) is 25.6 Å². The molecule has 61 heavy (non-hydrogen) atoms. The van der Waals surface area contributed by atoms with E-state index in [2.05, 4.69) is 24.6 Å². The van der Waals surface area contributed by atoms with Gasteiger partial charge in [0.1, 0.15) is 17.5 Å². The monoisotopic (exact) mass is 843 g/mol. The van der Waals surface area contributed by atoms with Gasteiger partial charge in [-0.3, -0.25) is 4.90 Å². The van der Waals surface area contributed by atoms with E-state index < -0.39 is 36.2 Å². The number of benzene rings is 2. The molecule has 0 spiro atoms. The number of ether oxygens (including phenoxy) is 5. The molecule has 13 heteroatoms. The van der Waals surface area contributed by atoms with E-state index in [1.54, 1.807) is 23.1 Å². The Morgan fingerprint density at radius 1 is 1.03 bits per heavy atom. The summed E-state index contributed by atoms with van der Waals surface area (Å²) >= 11 is 0. The minimum Gasteiger partial charge on any atom is -0.459 e. The first-order chi connectivity index (χ1) is 29.9. The molecule has 0 bridgehead atoms. The molecule has 0 aromatic heterocycles. The fourth-order valence-electron chi connectivity index (χ4n) is 9.47. The van der Waals surface area contributed by atoms with Crippen LogP contribution < -0.4 is 14.8 Å².